The largest absolute Gasteiger partial charge is 0.481 e. The number of aliphatic hydroxyl groups is 1. The molecule has 110 valence electrons. The molecule has 1 saturated carbocycles. The van der Waals surface area contributed by atoms with Crippen molar-refractivity contribution < 1.29 is 19.4 Å². The lowest BCUT2D eigenvalue weighted by Crippen LogP contribution is -2.33. The molecule has 0 aliphatic heterocycles. The highest BCUT2D eigenvalue weighted by molar-refractivity contribution is 5.71. The first kappa shape index (κ1) is 15.0. The van der Waals surface area contributed by atoms with E-state index in [0.717, 1.165) is 19.3 Å². The maximum atomic E-state index is 13.7. The van der Waals surface area contributed by atoms with Crippen molar-refractivity contribution in [2.75, 3.05) is 0 Å². The summed E-state index contributed by atoms with van der Waals surface area (Å²) in [5.74, 6) is -2.32. The molecule has 4 heteroatoms. The topological polar surface area (TPSA) is 57.5 Å². The number of rotatable bonds is 4. The fourth-order valence-electron chi connectivity index (χ4n) is 3.11. The van der Waals surface area contributed by atoms with E-state index in [2.05, 4.69) is 0 Å². The van der Waals surface area contributed by atoms with Gasteiger partial charge in [-0.15, -0.1) is 0 Å². The molecule has 0 bridgehead atoms. The van der Waals surface area contributed by atoms with Crippen molar-refractivity contribution in [2.45, 2.75) is 44.6 Å². The van der Waals surface area contributed by atoms with Crippen molar-refractivity contribution >= 4 is 5.97 Å². The Labute approximate surface area is 118 Å². The number of carbonyl (C=O) groups is 1. The summed E-state index contributed by atoms with van der Waals surface area (Å²) in [6.45, 7) is 0. The van der Waals surface area contributed by atoms with Crippen LogP contribution in [0.1, 0.15) is 37.7 Å². The SMILES string of the molecule is O=C(O)C(Cc1ccccc1F)C1CCCCCC1O. The molecule has 1 aliphatic rings. The van der Waals surface area contributed by atoms with E-state index in [9.17, 15) is 19.4 Å². The van der Waals surface area contributed by atoms with Crippen LogP contribution in [0.25, 0.3) is 0 Å². The van der Waals surface area contributed by atoms with Crippen molar-refractivity contribution in [3.05, 3.63) is 35.6 Å². The van der Waals surface area contributed by atoms with Gasteiger partial charge in [0.2, 0.25) is 0 Å². The van der Waals surface area contributed by atoms with Crippen LogP contribution < -0.4 is 0 Å². The van der Waals surface area contributed by atoms with E-state index >= 15 is 0 Å². The second-order valence-electron chi connectivity index (χ2n) is 5.61. The number of aliphatic carboxylic acids is 1. The number of aliphatic hydroxyl groups excluding tert-OH is 1. The first-order valence-electron chi connectivity index (χ1n) is 7.24. The van der Waals surface area contributed by atoms with E-state index in [1.807, 2.05) is 0 Å². The molecule has 0 heterocycles. The van der Waals surface area contributed by atoms with Crippen LogP contribution in [0.15, 0.2) is 24.3 Å². The molecule has 0 spiro atoms. The van der Waals surface area contributed by atoms with Crippen LogP contribution in [0.4, 0.5) is 4.39 Å². The molecule has 2 rings (SSSR count). The molecule has 0 saturated heterocycles. The number of carboxylic acid groups (broad SMARTS) is 1. The highest BCUT2D eigenvalue weighted by atomic mass is 19.1. The standard InChI is InChI=1S/C16H21FO3/c17-14-8-5-4-6-11(14)10-13(16(19)20)12-7-2-1-3-9-15(12)18/h4-6,8,12-13,15,18H,1-3,7,9-10H2,(H,19,20). The first-order valence-corrected chi connectivity index (χ1v) is 7.24. The fourth-order valence-corrected chi connectivity index (χ4v) is 3.11. The van der Waals surface area contributed by atoms with Gasteiger partial charge < -0.3 is 10.2 Å². The molecule has 1 aromatic carbocycles. The highest BCUT2D eigenvalue weighted by Gasteiger charge is 2.34. The molecule has 1 aromatic rings. The quantitative estimate of drug-likeness (QED) is 0.834. The molecular formula is C16H21FO3. The normalized spacial score (nSPS) is 24.9. The lowest BCUT2D eigenvalue weighted by Gasteiger charge is -2.27. The Hall–Kier alpha value is -1.42. The van der Waals surface area contributed by atoms with Gasteiger partial charge in [-0.05, 0) is 36.8 Å². The van der Waals surface area contributed by atoms with Crippen LogP contribution in [0, 0.1) is 17.7 Å². The lowest BCUT2D eigenvalue weighted by molar-refractivity contribution is -0.145. The third-order valence-corrected chi connectivity index (χ3v) is 4.26. The predicted molar refractivity (Wildman–Crippen MR) is 73.8 cm³/mol. The Morgan fingerprint density at radius 2 is 1.95 bits per heavy atom. The van der Waals surface area contributed by atoms with Crippen LogP contribution in [0.2, 0.25) is 0 Å². The van der Waals surface area contributed by atoms with Crippen molar-refractivity contribution in [3.63, 3.8) is 0 Å². The van der Waals surface area contributed by atoms with Gasteiger partial charge in [0.05, 0.1) is 12.0 Å². The summed E-state index contributed by atoms with van der Waals surface area (Å²) in [4.78, 5) is 11.5. The Morgan fingerprint density at radius 3 is 2.65 bits per heavy atom. The van der Waals surface area contributed by atoms with Gasteiger partial charge in [-0.3, -0.25) is 4.79 Å². The van der Waals surface area contributed by atoms with Gasteiger partial charge in [-0.1, -0.05) is 37.5 Å². The second-order valence-corrected chi connectivity index (χ2v) is 5.61. The molecule has 3 atom stereocenters. The minimum absolute atomic E-state index is 0.143. The van der Waals surface area contributed by atoms with E-state index in [1.54, 1.807) is 18.2 Å². The van der Waals surface area contributed by atoms with Gasteiger partial charge in [-0.2, -0.15) is 0 Å². The zero-order valence-electron chi connectivity index (χ0n) is 11.5. The minimum Gasteiger partial charge on any atom is -0.481 e. The Kier molecular flexibility index (Phi) is 5.12. The Bertz CT molecular complexity index is 461. The number of halogens is 1. The molecule has 0 radical (unpaired) electrons. The van der Waals surface area contributed by atoms with Crippen molar-refractivity contribution in [1.82, 2.24) is 0 Å². The molecule has 3 unspecified atom stereocenters. The predicted octanol–water partition coefficient (Wildman–Crippen LogP) is 3.01. The molecule has 0 aromatic heterocycles. The summed E-state index contributed by atoms with van der Waals surface area (Å²) in [6.07, 6.45) is 3.79. The zero-order valence-corrected chi connectivity index (χ0v) is 11.5. The fraction of sp³-hybridized carbons (Fsp3) is 0.562. The van der Waals surface area contributed by atoms with Crippen LogP contribution in [0.3, 0.4) is 0 Å². The molecule has 2 N–H and O–H groups in total. The molecular weight excluding hydrogens is 259 g/mol. The Balaban J connectivity index is 2.18. The maximum absolute atomic E-state index is 13.7. The minimum atomic E-state index is -0.945. The van der Waals surface area contributed by atoms with Crippen molar-refractivity contribution in [3.8, 4) is 0 Å². The number of hydrogen-bond acceptors (Lipinski definition) is 2. The molecule has 1 aliphatic carbocycles. The van der Waals surface area contributed by atoms with Crippen molar-refractivity contribution in [2.24, 2.45) is 11.8 Å². The van der Waals surface area contributed by atoms with E-state index in [1.165, 1.54) is 6.07 Å². The maximum Gasteiger partial charge on any atom is 0.307 e. The highest BCUT2D eigenvalue weighted by Crippen LogP contribution is 2.32. The first-order chi connectivity index (χ1) is 9.59. The number of hydrogen-bond donors (Lipinski definition) is 2. The second kappa shape index (κ2) is 6.84. The van der Waals surface area contributed by atoms with E-state index in [-0.39, 0.29) is 18.2 Å². The average molecular weight is 280 g/mol. The Morgan fingerprint density at radius 1 is 1.25 bits per heavy atom. The van der Waals surface area contributed by atoms with Gasteiger partial charge in [0, 0.05) is 0 Å². The summed E-state index contributed by atoms with van der Waals surface area (Å²) >= 11 is 0. The van der Waals surface area contributed by atoms with Crippen LogP contribution >= 0.6 is 0 Å². The van der Waals surface area contributed by atoms with Crippen LogP contribution in [0.5, 0.6) is 0 Å². The summed E-state index contributed by atoms with van der Waals surface area (Å²) in [5.41, 5.74) is 0.413. The molecule has 1 fully saturated rings. The smallest absolute Gasteiger partial charge is 0.307 e. The summed E-state index contributed by atoms with van der Waals surface area (Å²) < 4.78 is 13.7. The third-order valence-electron chi connectivity index (χ3n) is 4.26. The van der Waals surface area contributed by atoms with Crippen LogP contribution in [-0.4, -0.2) is 22.3 Å². The monoisotopic (exact) mass is 280 g/mol. The van der Waals surface area contributed by atoms with E-state index in [0.29, 0.717) is 18.4 Å². The van der Waals surface area contributed by atoms with Gasteiger partial charge in [0.15, 0.2) is 0 Å². The summed E-state index contributed by atoms with van der Waals surface area (Å²) in [7, 11) is 0. The van der Waals surface area contributed by atoms with Gasteiger partial charge in [-0.25, -0.2) is 4.39 Å². The van der Waals surface area contributed by atoms with E-state index in [4.69, 9.17) is 0 Å². The summed E-state index contributed by atoms with van der Waals surface area (Å²) in [5, 5.41) is 19.6. The average Bonchev–Trinajstić information content (AvgIpc) is 2.62. The van der Waals surface area contributed by atoms with E-state index < -0.39 is 18.0 Å². The summed E-state index contributed by atoms with van der Waals surface area (Å²) in [6, 6.07) is 6.27. The van der Waals surface area contributed by atoms with Gasteiger partial charge in [0.1, 0.15) is 5.82 Å². The van der Waals surface area contributed by atoms with Gasteiger partial charge in [0.25, 0.3) is 0 Å². The molecule has 0 amide bonds. The molecule has 3 nitrogen and oxygen atoms in total. The molecule has 20 heavy (non-hydrogen) atoms. The lowest BCUT2D eigenvalue weighted by atomic mass is 9.80. The van der Waals surface area contributed by atoms with Crippen LogP contribution in [-0.2, 0) is 11.2 Å². The number of benzene rings is 1. The third kappa shape index (κ3) is 3.57. The number of carboxylic acids is 1. The zero-order chi connectivity index (χ0) is 14.5. The van der Waals surface area contributed by atoms with Crippen molar-refractivity contribution in [1.29, 1.82) is 0 Å². The van der Waals surface area contributed by atoms with Gasteiger partial charge >= 0.3 is 5.97 Å².